The number of carbonyl (C=O) groups excluding carboxylic acids is 1. The number of amides is 1. The summed E-state index contributed by atoms with van der Waals surface area (Å²) in [7, 11) is 0. The number of rotatable bonds is 5. The summed E-state index contributed by atoms with van der Waals surface area (Å²) in [6.07, 6.45) is 0. The van der Waals surface area contributed by atoms with Gasteiger partial charge in [0.25, 0.3) is 5.91 Å². The maximum atomic E-state index is 13.0. The molecule has 1 aliphatic heterocycles. The number of aryl methyl sites for hydroxylation is 2. The van der Waals surface area contributed by atoms with Crippen molar-refractivity contribution in [2.24, 2.45) is 0 Å². The second kappa shape index (κ2) is 8.38. The molecule has 0 unspecified atom stereocenters. The zero-order valence-electron chi connectivity index (χ0n) is 17.0. The van der Waals surface area contributed by atoms with Gasteiger partial charge in [0.2, 0.25) is 0 Å². The average molecular weight is 412 g/mol. The Kier molecular flexibility index (Phi) is 5.68. The monoisotopic (exact) mass is 411 g/mol. The van der Waals surface area contributed by atoms with Crippen molar-refractivity contribution in [3.05, 3.63) is 58.2 Å². The highest BCUT2D eigenvalue weighted by Gasteiger charge is 2.26. The maximum absolute atomic E-state index is 13.0. The molecular formula is C20H25N7OS. The van der Waals surface area contributed by atoms with Crippen LogP contribution in [0, 0.1) is 20.8 Å². The first-order chi connectivity index (χ1) is 14.0. The van der Waals surface area contributed by atoms with E-state index >= 15 is 0 Å². The minimum atomic E-state index is -0.0446. The lowest BCUT2D eigenvalue weighted by Crippen LogP contribution is -2.48. The summed E-state index contributed by atoms with van der Waals surface area (Å²) in [6, 6.07) is 8.64. The summed E-state index contributed by atoms with van der Waals surface area (Å²) in [6.45, 7) is 10.4. The summed E-state index contributed by atoms with van der Waals surface area (Å²) in [4.78, 5) is 17.2. The molecule has 1 amide bonds. The van der Waals surface area contributed by atoms with Crippen LogP contribution in [0.25, 0.3) is 0 Å². The van der Waals surface area contributed by atoms with E-state index in [1.54, 1.807) is 4.68 Å². The van der Waals surface area contributed by atoms with Crippen LogP contribution in [0.5, 0.6) is 0 Å². The van der Waals surface area contributed by atoms with Crippen LogP contribution >= 0.6 is 11.7 Å². The highest BCUT2D eigenvalue weighted by molar-refractivity contribution is 6.99. The molecule has 0 saturated carbocycles. The predicted octanol–water partition coefficient (Wildman–Crippen LogP) is 2.06. The minimum Gasteiger partial charge on any atom is -0.335 e. The molecule has 8 nitrogen and oxygen atoms in total. The van der Waals surface area contributed by atoms with Gasteiger partial charge in [-0.2, -0.15) is 8.75 Å². The van der Waals surface area contributed by atoms with Gasteiger partial charge in [-0.25, -0.2) is 4.68 Å². The molecule has 0 spiro atoms. The molecule has 1 aromatic carbocycles. The topological polar surface area (TPSA) is 80.0 Å². The van der Waals surface area contributed by atoms with E-state index in [-0.39, 0.29) is 5.91 Å². The molecule has 0 bridgehead atoms. The van der Waals surface area contributed by atoms with Crippen LogP contribution in [-0.4, -0.2) is 65.6 Å². The molecule has 9 heteroatoms. The Hall–Kier alpha value is -2.65. The van der Waals surface area contributed by atoms with Crippen LogP contribution in [0.3, 0.4) is 0 Å². The smallest absolute Gasteiger partial charge is 0.276 e. The van der Waals surface area contributed by atoms with Crippen molar-refractivity contribution in [1.82, 2.24) is 33.5 Å². The normalized spacial score (nSPS) is 15.1. The van der Waals surface area contributed by atoms with Crippen LogP contribution in [-0.2, 0) is 13.1 Å². The fourth-order valence-corrected chi connectivity index (χ4v) is 4.01. The van der Waals surface area contributed by atoms with Crippen LogP contribution in [0.15, 0.2) is 24.3 Å². The molecule has 0 N–H and O–H groups in total. The molecule has 1 aliphatic rings. The molecule has 1 saturated heterocycles. The van der Waals surface area contributed by atoms with Crippen molar-refractivity contribution in [3.8, 4) is 0 Å². The summed E-state index contributed by atoms with van der Waals surface area (Å²) in [5.41, 5.74) is 5.53. The molecule has 2 aromatic heterocycles. The SMILES string of the molecule is Cc1ccc(CN2CCN(C(=O)c3nnn(Cc4nsnc4C)c3C)CC2)cc1. The molecule has 152 valence electrons. The van der Waals surface area contributed by atoms with Crippen molar-refractivity contribution in [2.75, 3.05) is 26.2 Å². The third-order valence-corrected chi connectivity index (χ3v) is 6.07. The van der Waals surface area contributed by atoms with Gasteiger partial charge in [-0.15, -0.1) is 5.10 Å². The van der Waals surface area contributed by atoms with E-state index in [1.165, 1.54) is 22.9 Å². The molecule has 0 radical (unpaired) electrons. The third kappa shape index (κ3) is 4.35. The van der Waals surface area contributed by atoms with Gasteiger partial charge in [-0.1, -0.05) is 35.0 Å². The number of hydrogen-bond acceptors (Lipinski definition) is 7. The molecule has 1 fully saturated rings. The number of carbonyl (C=O) groups is 1. The molecule has 0 atom stereocenters. The van der Waals surface area contributed by atoms with Crippen molar-refractivity contribution in [1.29, 1.82) is 0 Å². The summed E-state index contributed by atoms with van der Waals surface area (Å²) in [5.74, 6) is -0.0446. The van der Waals surface area contributed by atoms with E-state index in [9.17, 15) is 4.79 Å². The van der Waals surface area contributed by atoms with Crippen molar-refractivity contribution in [3.63, 3.8) is 0 Å². The number of hydrogen-bond donors (Lipinski definition) is 0. The van der Waals surface area contributed by atoms with Gasteiger partial charge < -0.3 is 4.90 Å². The first-order valence-corrected chi connectivity index (χ1v) is 10.5. The van der Waals surface area contributed by atoms with Gasteiger partial charge >= 0.3 is 0 Å². The highest BCUT2D eigenvalue weighted by atomic mass is 32.1. The Morgan fingerprint density at radius 1 is 1.00 bits per heavy atom. The lowest BCUT2D eigenvalue weighted by molar-refractivity contribution is 0.0622. The molecule has 4 rings (SSSR count). The van der Waals surface area contributed by atoms with Crippen LogP contribution in [0.1, 0.15) is 38.7 Å². The van der Waals surface area contributed by atoms with Crippen molar-refractivity contribution >= 4 is 17.6 Å². The Balaban J connectivity index is 1.36. The number of nitrogens with zero attached hydrogens (tertiary/aromatic N) is 7. The highest BCUT2D eigenvalue weighted by Crippen LogP contribution is 2.15. The van der Waals surface area contributed by atoms with E-state index in [2.05, 4.69) is 55.1 Å². The zero-order valence-corrected chi connectivity index (χ0v) is 17.8. The number of benzene rings is 1. The summed E-state index contributed by atoms with van der Waals surface area (Å²) >= 11 is 1.19. The van der Waals surface area contributed by atoms with Gasteiger partial charge in [-0.3, -0.25) is 9.69 Å². The second-order valence-corrected chi connectivity index (χ2v) is 8.06. The third-order valence-electron chi connectivity index (χ3n) is 5.42. The first-order valence-electron chi connectivity index (χ1n) is 9.76. The quantitative estimate of drug-likeness (QED) is 0.639. The summed E-state index contributed by atoms with van der Waals surface area (Å²) < 4.78 is 10.2. The fourth-order valence-electron chi connectivity index (χ4n) is 3.45. The van der Waals surface area contributed by atoms with Crippen LogP contribution < -0.4 is 0 Å². The maximum Gasteiger partial charge on any atom is 0.276 e. The molecule has 29 heavy (non-hydrogen) atoms. The Bertz CT molecular complexity index is 987. The van der Waals surface area contributed by atoms with E-state index in [0.29, 0.717) is 25.3 Å². The molecule has 3 heterocycles. The second-order valence-electron chi connectivity index (χ2n) is 7.53. The van der Waals surface area contributed by atoms with Crippen LogP contribution in [0.4, 0.5) is 0 Å². The largest absolute Gasteiger partial charge is 0.335 e. The van der Waals surface area contributed by atoms with Gasteiger partial charge in [0.1, 0.15) is 0 Å². The van der Waals surface area contributed by atoms with Crippen LogP contribution in [0.2, 0.25) is 0 Å². The van der Waals surface area contributed by atoms with Crippen molar-refractivity contribution < 1.29 is 4.79 Å². The standard InChI is InChI=1S/C20H25N7OS/c1-14-4-6-17(7-5-14)12-25-8-10-26(11-9-25)20(28)19-16(3)27(24-21-19)13-18-15(2)22-29-23-18/h4-7H,8-13H2,1-3H3. The number of piperazine rings is 1. The Morgan fingerprint density at radius 2 is 1.72 bits per heavy atom. The van der Waals surface area contributed by atoms with E-state index in [4.69, 9.17) is 0 Å². The lowest BCUT2D eigenvalue weighted by atomic mass is 10.1. The Morgan fingerprint density at radius 3 is 2.38 bits per heavy atom. The van der Waals surface area contributed by atoms with E-state index < -0.39 is 0 Å². The van der Waals surface area contributed by atoms with Crippen molar-refractivity contribution in [2.45, 2.75) is 33.9 Å². The Labute approximate surface area is 174 Å². The molecule has 3 aromatic rings. The zero-order chi connectivity index (χ0) is 20.4. The average Bonchev–Trinajstić information content (AvgIpc) is 3.30. The van der Waals surface area contributed by atoms with E-state index in [0.717, 1.165) is 36.7 Å². The first kappa shape index (κ1) is 19.7. The lowest BCUT2D eigenvalue weighted by Gasteiger charge is -2.34. The number of aromatic nitrogens is 5. The van der Waals surface area contributed by atoms with Gasteiger partial charge in [0.15, 0.2) is 5.69 Å². The van der Waals surface area contributed by atoms with Gasteiger partial charge in [0.05, 0.1) is 35.4 Å². The van der Waals surface area contributed by atoms with Gasteiger partial charge in [-0.05, 0) is 26.3 Å². The van der Waals surface area contributed by atoms with Gasteiger partial charge in [0, 0.05) is 32.7 Å². The van der Waals surface area contributed by atoms with E-state index in [1.807, 2.05) is 18.7 Å². The molecular weight excluding hydrogens is 386 g/mol. The predicted molar refractivity (Wildman–Crippen MR) is 111 cm³/mol. The molecule has 0 aliphatic carbocycles. The summed E-state index contributed by atoms with van der Waals surface area (Å²) in [5, 5.41) is 8.33. The minimum absolute atomic E-state index is 0.0446. The fraction of sp³-hybridized carbons (Fsp3) is 0.450.